The molecule has 50 valence electrons. The third-order valence-corrected chi connectivity index (χ3v) is 1.31. The number of rotatable bonds is 3. The molecule has 0 saturated carbocycles. The van der Waals surface area contributed by atoms with Crippen molar-refractivity contribution in [1.29, 1.82) is 0 Å². The summed E-state index contributed by atoms with van der Waals surface area (Å²) in [6, 6.07) is 0. The maximum absolute atomic E-state index is 5.11. The number of allylic oxidation sites excluding steroid dienone is 2. The smallest absolute Gasteiger partial charge is 0.0130 e. The van der Waals surface area contributed by atoms with Gasteiger partial charge in [0, 0.05) is 0 Å². The Morgan fingerprint density at radius 2 is 2.22 bits per heavy atom. The van der Waals surface area contributed by atoms with Crippen molar-refractivity contribution in [3.05, 3.63) is 11.6 Å². The van der Waals surface area contributed by atoms with Gasteiger partial charge in [0.1, 0.15) is 0 Å². The SMILES string of the molecule is C#CC=C(CC)CCC. The Bertz CT molecular complexity index is 123. The number of terminal acetylenes is 1. The predicted octanol–water partition coefficient (Wildman–Crippen LogP) is 2.76. The van der Waals surface area contributed by atoms with Gasteiger partial charge in [-0.1, -0.05) is 31.8 Å². The highest BCUT2D eigenvalue weighted by molar-refractivity contribution is 5.16. The molecular formula is C9H14. The second-order valence-electron chi connectivity index (χ2n) is 2.07. The summed E-state index contributed by atoms with van der Waals surface area (Å²) in [5.74, 6) is 2.54. The van der Waals surface area contributed by atoms with E-state index in [4.69, 9.17) is 6.42 Å². The Labute approximate surface area is 58.0 Å². The van der Waals surface area contributed by atoms with Crippen LogP contribution in [0.2, 0.25) is 0 Å². The monoisotopic (exact) mass is 122 g/mol. The lowest BCUT2D eigenvalue weighted by atomic mass is 10.1. The van der Waals surface area contributed by atoms with Gasteiger partial charge in [-0.25, -0.2) is 0 Å². The molecule has 0 fully saturated rings. The first-order chi connectivity index (χ1) is 4.35. The van der Waals surface area contributed by atoms with E-state index in [0.717, 1.165) is 12.8 Å². The van der Waals surface area contributed by atoms with Crippen molar-refractivity contribution >= 4 is 0 Å². The highest BCUT2D eigenvalue weighted by Gasteiger charge is 1.88. The average Bonchev–Trinajstić information content (AvgIpc) is 1.88. The van der Waals surface area contributed by atoms with Crippen LogP contribution in [0.4, 0.5) is 0 Å². The summed E-state index contributed by atoms with van der Waals surface area (Å²) in [7, 11) is 0. The Morgan fingerprint density at radius 3 is 2.56 bits per heavy atom. The zero-order valence-corrected chi connectivity index (χ0v) is 6.28. The van der Waals surface area contributed by atoms with Crippen LogP contribution in [0.15, 0.2) is 11.6 Å². The third-order valence-electron chi connectivity index (χ3n) is 1.31. The molecule has 0 spiro atoms. The summed E-state index contributed by atoms with van der Waals surface area (Å²) in [6.07, 6.45) is 10.4. The van der Waals surface area contributed by atoms with Gasteiger partial charge in [-0.15, -0.1) is 6.42 Å². The Morgan fingerprint density at radius 1 is 1.56 bits per heavy atom. The van der Waals surface area contributed by atoms with Gasteiger partial charge >= 0.3 is 0 Å². The van der Waals surface area contributed by atoms with Gasteiger partial charge in [-0.05, 0) is 18.9 Å². The van der Waals surface area contributed by atoms with E-state index < -0.39 is 0 Å². The molecule has 0 aliphatic rings. The van der Waals surface area contributed by atoms with E-state index in [1.807, 2.05) is 6.08 Å². The minimum Gasteiger partial charge on any atom is -0.115 e. The van der Waals surface area contributed by atoms with E-state index in [-0.39, 0.29) is 0 Å². The normalized spacial score (nSPS) is 11.0. The summed E-state index contributed by atoms with van der Waals surface area (Å²) in [5, 5.41) is 0. The summed E-state index contributed by atoms with van der Waals surface area (Å²) < 4.78 is 0. The van der Waals surface area contributed by atoms with Gasteiger partial charge in [-0.3, -0.25) is 0 Å². The largest absolute Gasteiger partial charge is 0.115 e. The fraction of sp³-hybridized carbons (Fsp3) is 0.556. The molecule has 0 rings (SSSR count). The van der Waals surface area contributed by atoms with Gasteiger partial charge in [0.05, 0.1) is 0 Å². The van der Waals surface area contributed by atoms with E-state index in [2.05, 4.69) is 19.8 Å². The highest BCUT2D eigenvalue weighted by Crippen LogP contribution is 2.07. The average molecular weight is 122 g/mol. The van der Waals surface area contributed by atoms with E-state index in [1.54, 1.807) is 0 Å². The van der Waals surface area contributed by atoms with Crippen molar-refractivity contribution < 1.29 is 0 Å². The molecule has 9 heavy (non-hydrogen) atoms. The van der Waals surface area contributed by atoms with Crippen LogP contribution in [0.1, 0.15) is 33.1 Å². The van der Waals surface area contributed by atoms with Crippen LogP contribution in [0, 0.1) is 12.3 Å². The minimum atomic E-state index is 1.10. The number of hydrogen-bond acceptors (Lipinski definition) is 0. The second kappa shape index (κ2) is 5.44. The van der Waals surface area contributed by atoms with Crippen LogP contribution < -0.4 is 0 Å². The minimum absolute atomic E-state index is 1.10. The van der Waals surface area contributed by atoms with E-state index in [0.29, 0.717) is 0 Å². The summed E-state index contributed by atoms with van der Waals surface area (Å²) in [6.45, 7) is 4.30. The lowest BCUT2D eigenvalue weighted by Crippen LogP contribution is -1.77. The lowest BCUT2D eigenvalue weighted by Gasteiger charge is -1.96. The Hall–Kier alpha value is -0.700. The quantitative estimate of drug-likeness (QED) is 0.505. The van der Waals surface area contributed by atoms with Gasteiger partial charge in [0.25, 0.3) is 0 Å². The van der Waals surface area contributed by atoms with Crippen LogP contribution in [0.5, 0.6) is 0 Å². The van der Waals surface area contributed by atoms with Crippen molar-refractivity contribution in [2.75, 3.05) is 0 Å². The van der Waals surface area contributed by atoms with E-state index >= 15 is 0 Å². The molecule has 0 atom stereocenters. The Kier molecular flexibility index (Phi) is 5.01. The van der Waals surface area contributed by atoms with Gasteiger partial charge < -0.3 is 0 Å². The maximum atomic E-state index is 5.11. The van der Waals surface area contributed by atoms with Gasteiger partial charge in [0.2, 0.25) is 0 Å². The molecule has 0 aromatic carbocycles. The van der Waals surface area contributed by atoms with Gasteiger partial charge in [-0.2, -0.15) is 0 Å². The fourth-order valence-corrected chi connectivity index (χ4v) is 0.790. The van der Waals surface area contributed by atoms with Crippen molar-refractivity contribution in [3.8, 4) is 12.3 Å². The van der Waals surface area contributed by atoms with Crippen LogP contribution in [0.25, 0.3) is 0 Å². The molecule has 0 nitrogen and oxygen atoms in total. The first-order valence-corrected chi connectivity index (χ1v) is 3.49. The van der Waals surface area contributed by atoms with Crippen molar-refractivity contribution in [3.63, 3.8) is 0 Å². The van der Waals surface area contributed by atoms with Crippen LogP contribution in [-0.4, -0.2) is 0 Å². The first-order valence-electron chi connectivity index (χ1n) is 3.49. The molecule has 0 N–H and O–H groups in total. The highest BCUT2D eigenvalue weighted by atomic mass is 13.9. The molecule has 0 aliphatic heterocycles. The van der Waals surface area contributed by atoms with Crippen LogP contribution >= 0.6 is 0 Å². The topological polar surface area (TPSA) is 0 Å². The standard InChI is InChI=1S/C9H14/c1-4-7-9(6-3)8-5-2/h1,7H,5-6,8H2,2-3H3. The molecule has 0 saturated heterocycles. The molecule has 0 bridgehead atoms. The second-order valence-corrected chi connectivity index (χ2v) is 2.07. The summed E-state index contributed by atoms with van der Waals surface area (Å²) in [5.41, 5.74) is 1.39. The van der Waals surface area contributed by atoms with Gasteiger partial charge in [0.15, 0.2) is 0 Å². The molecule has 0 aliphatic carbocycles. The molecular weight excluding hydrogens is 108 g/mol. The summed E-state index contributed by atoms with van der Waals surface area (Å²) >= 11 is 0. The van der Waals surface area contributed by atoms with Crippen LogP contribution in [0.3, 0.4) is 0 Å². The Balaban J connectivity index is 3.70. The number of hydrogen-bond donors (Lipinski definition) is 0. The maximum Gasteiger partial charge on any atom is -0.0130 e. The fourth-order valence-electron chi connectivity index (χ4n) is 0.790. The molecule has 0 heteroatoms. The van der Waals surface area contributed by atoms with Crippen molar-refractivity contribution in [2.45, 2.75) is 33.1 Å². The van der Waals surface area contributed by atoms with Crippen molar-refractivity contribution in [2.24, 2.45) is 0 Å². The molecule has 0 aromatic rings. The zero-order valence-electron chi connectivity index (χ0n) is 6.28. The zero-order chi connectivity index (χ0) is 7.11. The molecule has 0 radical (unpaired) electrons. The van der Waals surface area contributed by atoms with E-state index in [1.165, 1.54) is 12.0 Å². The summed E-state index contributed by atoms with van der Waals surface area (Å²) in [4.78, 5) is 0. The molecule has 0 heterocycles. The third kappa shape index (κ3) is 3.85. The predicted molar refractivity (Wildman–Crippen MR) is 42.1 cm³/mol. The van der Waals surface area contributed by atoms with Crippen molar-refractivity contribution in [1.82, 2.24) is 0 Å². The van der Waals surface area contributed by atoms with E-state index in [9.17, 15) is 0 Å². The molecule has 0 amide bonds. The molecule has 0 unspecified atom stereocenters. The van der Waals surface area contributed by atoms with Crippen LogP contribution in [-0.2, 0) is 0 Å². The lowest BCUT2D eigenvalue weighted by molar-refractivity contribution is 0.860. The first kappa shape index (κ1) is 8.30. The molecule has 0 aromatic heterocycles.